The van der Waals surface area contributed by atoms with Gasteiger partial charge in [-0.15, -0.1) is 0 Å². The highest BCUT2D eigenvalue weighted by molar-refractivity contribution is 5.82. The number of carbonyl (C=O) groups excluding carboxylic acids is 1. The van der Waals surface area contributed by atoms with Crippen molar-refractivity contribution >= 4 is 5.91 Å². The van der Waals surface area contributed by atoms with Crippen LogP contribution in [0.15, 0.2) is 30.3 Å². The molecule has 3 heteroatoms. The monoisotopic (exact) mass is 277 g/mol. The molecule has 0 atom stereocenters. The number of para-hydroxylation sites is 1. The SMILES string of the molecule is CC(C)C(C)(C(=O)NCCOc1ccccc1)C(C)C. The summed E-state index contributed by atoms with van der Waals surface area (Å²) in [6, 6.07) is 9.64. The molecule has 0 aliphatic heterocycles. The Bertz CT molecular complexity index is 404. The van der Waals surface area contributed by atoms with E-state index in [1.165, 1.54) is 0 Å². The highest BCUT2D eigenvalue weighted by atomic mass is 16.5. The van der Waals surface area contributed by atoms with Gasteiger partial charge in [-0.1, -0.05) is 52.8 Å². The zero-order valence-electron chi connectivity index (χ0n) is 13.3. The van der Waals surface area contributed by atoms with E-state index in [9.17, 15) is 4.79 Å². The molecule has 112 valence electrons. The molecule has 1 amide bonds. The summed E-state index contributed by atoms with van der Waals surface area (Å²) in [6.07, 6.45) is 0. The lowest BCUT2D eigenvalue weighted by Crippen LogP contribution is -2.46. The van der Waals surface area contributed by atoms with Gasteiger partial charge >= 0.3 is 0 Å². The van der Waals surface area contributed by atoms with Gasteiger partial charge in [0.1, 0.15) is 12.4 Å². The topological polar surface area (TPSA) is 38.3 Å². The van der Waals surface area contributed by atoms with Crippen molar-refractivity contribution in [2.45, 2.75) is 34.6 Å². The molecule has 0 aliphatic carbocycles. The number of carbonyl (C=O) groups is 1. The molecule has 1 aromatic carbocycles. The third-order valence-corrected chi connectivity index (χ3v) is 4.29. The van der Waals surface area contributed by atoms with Crippen molar-refractivity contribution in [2.24, 2.45) is 17.3 Å². The molecule has 3 nitrogen and oxygen atoms in total. The van der Waals surface area contributed by atoms with Crippen LogP contribution < -0.4 is 10.1 Å². The lowest BCUT2D eigenvalue weighted by atomic mass is 9.70. The van der Waals surface area contributed by atoms with Gasteiger partial charge in [0.15, 0.2) is 0 Å². The number of ether oxygens (including phenoxy) is 1. The summed E-state index contributed by atoms with van der Waals surface area (Å²) < 4.78 is 5.58. The maximum Gasteiger partial charge on any atom is 0.226 e. The van der Waals surface area contributed by atoms with Gasteiger partial charge in [0.25, 0.3) is 0 Å². The maximum absolute atomic E-state index is 12.4. The normalized spacial score (nSPS) is 11.8. The Kier molecular flexibility index (Phi) is 6.05. The summed E-state index contributed by atoms with van der Waals surface area (Å²) in [5.41, 5.74) is -0.341. The zero-order chi connectivity index (χ0) is 15.2. The highest BCUT2D eigenvalue weighted by Crippen LogP contribution is 2.35. The standard InChI is InChI=1S/C17H27NO2/c1-13(2)17(5,14(3)4)16(19)18-11-12-20-15-9-7-6-8-10-15/h6-10,13-14H,11-12H2,1-5H3,(H,18,19). The molecule has 0 aliphatic rings. The van der Waals surface area contributed by atoms with Gasteiger partial charge in [-0.3, -0.25) is 4.79 Å². The number of hydrogen-bond acceptors (Lipinski definition) is 2. The number of nitrogens with one attached hydrogen (secondary N) is 1. The lowest BCUT2D eigenvalue weighted by Gasteiger charge is -2.36. The van der Waals surface area contributed by atoms with Crippen LogP contribution in [0.25, 0.3) is 0 Å². The van der Waals surface area contributed by atoms with Gasteiger partial charge in [-0.05, 0) is 24.0 Å². The quantitative estimate of drug-likeness (QED) is 0.775. The van der Waals surface area contributed by atoms with Crippen LogP contribution >= 0.6 is 0 Å². The Morgan fingerprint density at radius 3 is 2.20 bits per heavy atom. The third-order valence-electron chi connectivity index (χ3n) is 4.29. The maximum atomic E-state index is 12.4. The predicted molar refractivity (Wildman–Crippen MR) is 82.7 cm³/mol. The molecule has 1 aromatic rings. The molecule has 1 N–H and O–H groups in total. The van der Waals surface area contributed by atoms with Crippen LogP contribution in [0.2, 0.25) is 0 Å². The average molecular weight is 277 g/mol. The molecule has 0 saturated heterocycles. The predicted octanol–water partition coefficient (Wildman–Crippen LogP) is 3.50. The van der Waals surface area contributed by atoms with Crippen molar-refractivity contribution in [1.82, 2.24) is 5.32 Å². The molecule has 0 bridgehead atoms. The van der Waals surface area contributed by atoms with Gasteiger partial charge < -0.3 is 10.1 Å². The van der Waals surface area contributed by atoms with Gasteiger partial charge in [-0.25, -0.2) is 0 Å². The Morgan fingerprint density at radius 1 is 1.15 bits per heavy atom. The Morgan fingerprint density at radius 2 is 1.70 bits per heavy atom. The Labute approximate surface area is 122 Å². The second-order valence-electron chi connectivity index (χ2n) is 6.01. The van der Waals surface area contributed by atoms with Crippen LogP contribution in [0.1, 0.15) is 34.6 Å². The molecular formula is C17H27NO2. The van der Waals surface area contributed by atoms with Crippen LogP contribution in [0, 0.1) is 17.3 Å². The fraction of sp³-hybridized carbons (Fsp3) is 0.588. The summed E-state index contributed by atoms with van der Waals surface area (Å²) in [5, 5.41) is 2.99. The molecule has 1 rings (SSSR count). The molecule has 20 heavy (non-hydrogen) atoms. The largest absolute Gasteiger partial charge is 0.492 e. The Hall–Kier alpha value is -1.51. The molecule has 0 unspecified atom stereocenters. The van der Waals surface area contributed by atoms with Crippen molar-refractivity contribution in [3.63, 3.8) is 0 Å². The Balaban J connectivity index is 2.43. The van der Waals surface area contributed by atoms with E-state index in [0.29, 0.717) is 25.0 Å². The average Bonchev–Trinajstić information content (AvgIpc) is 2.43. The van der Waals surface area contributed by atoms with E-state index < -0.39 is 0 Å². The van der Waals surface area contributed by atoms with E-state index >= 15 is 0 Å². The van der Waals surface area contributed by atoms with Crippen LogP contribution in [-0.2, 0) is 4.79 Å². The van der Waals surface area contributed by atoms with Gasteiger partial charge in [0.2, 0.25) is 5.91 Å². The minimum atomic E-state index is -0.341. The molecular weight excluding hydrogens is 250 g/mol. The number of amides is 1. The van der Waals surface area contributed by atoms with E-state index in [0.717, 1.165) is 5.75 Å². The summed E-state index contributed by atoms with van der Waals surface area (Å²) in [6.45, 7) is 11.4. The van der Waals surface area contributed by atoms with Crippen molar-refractivity contribution in [3.8, 4) is 5.75 Å². The van der Waals surface area contributed by atoms with Gasteiger partial charge in [0, 0.05) is 0 Å². The fourth-order valence-electron chi connectivity index (χ4n) is 2.23. The van der Waals surface area contributed by atoms with Gasteiger partial charge in [-0.2, -0.15) is 0 Å². The zero-order valence-corrected chi connectivity index (χ0v) is 13.3. The van der Waals surface area contributed by atoms with Crippen molar-refractivity contribution < 1.29 is 9.53 Å². The van der Waals surface area contributed by atoms with Crippen LogP contribution in [-0.4, -0.2) is 19.1 Å². The first-order chi connectivity index (χ1) is 9.39. The van der Waals surface area contributed by atoms with E-state index in [2.05, 4.69) is 33.0 Å². The lowest BCUT2D eigenvalue weighted by molar-refractivity contribution is -0.135. The smallest absolute Gasteiger partial charge is 0.226 e. The fourth-order valence-corrected chi connectivity index (χ4v) is 2.23. The van der Waals surface area contributed by atoms with Crippen LogP contribution in [0.4, 0.5) is 0 Å². The minimum absolute atomic E-state index is 0.110. The van der Waals surface area contributed by atoms with Crippen LogP contribution in [0.5, 0.6) is 5.75 Å². The molecule has 0 aromatic heterocycles. The number of benzene rings is 1. The summed E-state index contributed by atoms with van der Waals surface area (Å²) in [7, 11) is 0. The first kappa shape index (κ1) is 16.5. The summed E-state index contributed by atoms with van der Waals surface area (Å²) in [5.74, 6) is 1.55. The molecule has 0 fully saturated rings. The second kappa shape index (κ2) is 7.32. The molecule has 0 radical (unpaired) electrons. The molecule has 0 spiro atoms. The number of rotatable bonds is 7. The molecule has 0 heterocycles. The van der Waals surface area contributed by atoms with Crippen molar-refractivity contribution in [3.05, 3.63) is 30.3 Å². The van der Waals surface area contributed by atoms with Crippen LogP contribution in [0.3, 0.4) is 0 Å². The van der Waals surface area contributed by atoms with E-state index in [1.54, 1.807) is 0 Å². The van der Waals surface area contributed by atoms with Crippen molar-refractivity contribution in [2.75, 3.05) is 13.2 Å². The van der Waals surface area contributed by atoms with E-state index in [4.69, 9.17) is 4.74 Å². The third kappa shape index (κ3) is 3.99. The van der Waals surface area contributed by atoms with E-state index in [1.807, 2.05) is 37.3 Å². The first-order valence-corrected chi connectivity index (χ1v) is 7.35. The summed E-state index contributed by atoms with van der Waals surface area (Å²) in [4.78, 5) is 12.4. The second-order valence-corrected chi connectivity index (χ2v) is 6.01. The summed E-state index contributed by atoms with van der Waals surface area (Å²) >= 11 is 0. The van der Waals surface area contributed by atoms with Gasteiger partial charge in [0.05, 0.1) is 12.0 Å². The minimum Gasteiger partial charge on any atom is -0.492 e. The van der Waals surface area contributed by atoms with Crippen molar-refractivity contribution in [1.29, 1.82) is 0 Å². The first-order valence-electron chi connectivity index (χ1n) is 7.35. The highest BCUT2D eigenvalue weighted by Gasteiger charge is 2.39. The molecule has 0 saturated carbocycles. The number of hydrogen-bond donors (Lipinski definition) is 1. The van der Waals surface area contributed by atoms with E-state index in [-0.39, 0.29) is 11.3 Å².